The molecule has 4 heteroatoms. The van der Waals surface area contributed by atoms with Crippen LogP contribution in [0, 0.1) is 0 Å². The molecule has 1 aliphatic carbocycles. The molecule has 2 rings (SSSR count). The third-order valence-electron chi connectivity index (χ3n) is 4.28. The van der Waals surface area contributed by atoms with E-state index in [0.29, 0.717) is 19.0 Å². The van der Waals surface area contributed by atoms with Crippen molar-refractivity contribution in [1.82, 2.24) is 10.2 Å². The summed E-state index contributed by atoms with van der Waals surface area (Å²) in [5, 5.41) is 13.2. The Bertz CT molecular complexity index is 286. The molecule has 1 heterocycles. The van der Waals surface area contributed by atoms with Crippen LogP contribution in [-0.4, -0.2) is 40.8 Å². The Labute approximate surface area is 110 Å². The minimum absolute atomic E-state index is 0.0691. The summed E-state index contributed by atoms with van der Waals surface area (Å²) in [6.45, 7) is 3.32. The summed E-state index contributed by atoms with van der Waals surface area (Å²) >= 11 is 0. The first-order valence-electron chi connectivity index (χ1n) is 7.35. The van der Waals surface area contributed by atoms with Crippen LogP contribution in [0.1, 0.15) is 58.3 Å². The largest absolute Gasteiger partial charge is 0.390 e. The maximum atomic E-state index is 12.2. The second-order valence-electron chi connectivity index (χ2n) is 6.12. The molecule has 0 aromatic heterocycles. The van der Waals surface area contributed by atoms with Crippen molar-refractivity contribution in [2.75, 3.05) is 13.1 Å². The number of carbonyl (C=O) groups is 1. The van der Waals surface area contributed by atoms with E-state index in [1.807, 2.05) is 11.8 Å². The van der Waals surface area contributed by atoms with Crippen molar-refractivity contribution in [3.63, 3.8) is 0 Å². The van der Waals surface area contributed by atoms with E-state index in [1.165, 1.54) is 19.3 Å². The number of urea groups is 1. The van der Waals surface area contributed by atoms with Crippen molar-refractivity contribution in [1.29, 1.82) is 0 Å². The Morgan fingerprint density at radius 1 is 1.17 bits per heavy atom. The van der Waals surface area contributed by atoms with Crippen LogP contribution in [0.4, 0.5) is 4.79 Å². The SMILES string of the molecule is CC1(O)CCCN(C(=O)NC2CCCCC2)CC1. The number of aliphatic hydroxyl groups is 1. The van der Waals surface area contributed by atoms with Gasteiger partial charge in [0.15, 0.2) is 0 Å². The van der Waals surface area contributed by atoms with Gasteiger partial charge in [0.25, 0.3) is 0 Å². The van der Waals surface area contributed by atoms with E-state index in [-0.39, 0.29) is 6.03 Å². The molecule has 0 bridgehead atoms. The molecule has 0 aromatic rings. The van der Waals surface area contributed by atoms with Gasteiger partial charge < -0.3 is 15.3 Å². The highest BCUT2D eigenvalue weighted by atomic mass is 16.3. The third kappa shape index (κ3) is 3.87. The van der Waals surface area contributed by atoms with E-state index in [9.17, 15) is 9.90 Å². The van der Waals surface area contributed by atoms with Crippen molar-refractivity contribution in [2.24, 2.45) is 0 Å². The molecule has 2 aliphatic rings. The van der Waals surface area contributed by atoms with Gasteiger partial charge in [-0.25, -0.2) is 4.79 Å². The highest BCUT2D eigenvalue weighted by Gasteiger charge is 2.27. The van der Waals surface area contributed by atoms with Crippen LogP contribution >= 0.6 is 0 Å². The summed E-state index contributed by atoms with van der Waals surface area (Å²) in [7, 11) is 0. The summed E-state index contributed by atoms with van der Waals surface area (Å²) in [5.74, 6) is 0. The Hall–Kier alpha value is -0.770. The molecule has 1 saturated heterocycles. The fourth-order valence-corrected chi connectivity index (χ4v) is 2.98. The maximum absolute atomic E-state index is 12.2. The number of hydrogen-bond acceptors (Lipinski definition) is 2. The quantitative estimate of drug-likeness (QED) is 0.754. The van der Waals surface area contributed by atoms with E-state index < -0.39 is 5.60 Å². The first-order valence-corrected chi connectivity index (χ1v) is 7.35. The topological polar surface area (TPSA) is 52.6 Å². The second kappa shape index (κ2) is 5.91. The number of amides is 2. The minimum atomic E-state index is -0.597. The molecule has 1 unspecified atom stereocenters. The lowest BCUT2D eigenvalue weighted by atomic mass is 9.96. The Kier molecular flexibility index (Phi) is 4.49. The fourth-order valence-electron chi connectivity index (χ4n) is 2.98. The van der Waals surface area contributed by atoms with Gasteiger partial charge in [0.2, 0.25) is 0 Å². The van der Waals surface area contributed by atoms with Crippen LogP contribution in [0.3, 0.4) is 0 Å². The van der Waals surface area contributed by atoms with Crippen LogP contribution in [0.25, 0.3) is 0 Å². The zero-order valence-corrected chi connectivity index (χ0v) is 11.5. The molecule has 2 fully saturated rings. The number of rotatable bonds is 1. The number of likely N-dealkylation sites (tertiary alicyclic amines) is 1. The first-order chi connectivity index (χ1) is 8.57. The number of hydrogen-bond donors (Lipinski definition) is 2. The van der Waals surface area contributed by atoms with Crippen molar-refractivity contribution < 1.29 is 9.90 Å². The molecule has 18 heavy (non-hydrogen) atoms. The van der Waals surface area contributed by atoms with Crippen LogP contribution < -0.4 is 5.32 Å². The van der Waals surface area contributed by atoms with E-state index in [1.54, 1.807) is 0 Å². The van der Waals surface area contributed by atoms with Gasteiger partial charge in [-0.3, -0.25) is 0 Å². The number of nitrogens with zero attached hydrogens (tertiary/aromatic N) is 1. The molecule has 2 N–H and O–H groups in total. The van der Waals surface area contributed by atoms with Gasteiger partial charge >= 0.3 is 6.03 Å². The summed E-state index contributed by atoms with van der Waals surface area (Å²) in [4.78, 5) is 14.0. The Balaban J connectivity index is 1.81. The van der Waals surface area contributed by atoms with Crippen molar-refractivity contribution in [3.05, 3.63) is 0 Å². The van der Waals surface area contributed by atoms with Crippen LogP contribution in [0.15, 0.2) is 0 Å². The lowest BCUT2D eigenvalue weighted by molar-refractivity contribution is 0.0456. The zero-order valence-electron chi connectivity index (χ0n) is 11.5. The average Bonchev–Trinajstić information content (AvgIpc) is 2.51. The third-order valence-corrected chi connectivity index (χ3v) is 4.28. The van der Waals surface area contributed by atoms with Crippen LogP contribution in [0.5, 0.6) is 0 Å². The van der Waals surface area contributed by atoms with Gasteiger partial charge in [-0.2, -0.15) is 0 Å². The summed E-state index contributed by atoms with van der Waals surface area (Å²) in [5.41, 5.74) is -0.597. The van der Waals surface area contributed by atoms with E-state index in [0.717, 1.165) is 32.2 Å². The summed E-state index contributed by atoms with van der Waals surface area (Å²) in [6, 6.07) is 0.439. The van der Waals surface area contributed by atoms with E-state index >= 15 is 0 Å². The molecule has 0 spiro atoms. The average molecular weight is 254 g/mol. The lowest BCUT2D eigenvalue weighted by Crippen LogP contribution is -2.46. The van der Waals surface area contributed by atoms with E-state index in [2.05, 4.69) is 5.32 Å². The maximum Gasteiger partial charge on any atom is 0.317 e. The van der Waals surface area contributed by atoms with Crippen molar-refractivity contribution >= 4 is 6.03 Å². The smallest absolute Gasteiger partial charge is 0.317 e. The molecule has 104 valence electrons. The predicted molar refractivity (Wildman–Crippen MR) is 71.5 cm³/mol. The fraction of sp³-hybridized carbons (Fsp3) is 0.929. The Morgan fingerprint density at radius 2 is 1.89 bits per heavy atom. The molecule has 4 nitrogen and oxygen atoms in total. The van der Waals surface area contributed by atoms with Crippen molar-refractivity contribution in [2.45, 2.75) is 69.9 Å². The summed E-state index contributed by atoms with van der Waals surface area (Å²) < 4.78 is 0. The van der Waals surface area contributed by atoms with Crippen molar-refractivity contribution in [3.8, 4) is 0 Å². The monoisotopic (exact) mass is 254 g/mol. The van der Waals surface area contributed by atoms with Gasteiger partial charge in [-0.05, 0) is 39.0 Å². The van der Waals surface area contributed by atoms with E-state index in [4.69, 9.17) is 0 Å². The van der Waals surface area contributed by atoms with Gasteiger partial charge in [0.1, 0.15) is 0 Å². The zero-order chi connectivity index (χ0) is 13.0. The van der Waals surface area contributed by atoms with Crippen LogP contribution in [-0.2, 0) is 0 Å². The Morgan fingerprint density at radius 3 is 2.61 bits per heavy atom. The normalized spacial score (nSPS) is 30.9. The molecule has 1 atom stereocenters. The minimum Gasteiger partial charge on any atom is -0.390 e. The predicted octanol–water partition coefficient (Wildman–Crippen LogP) is 2.27. The van der Waals surface area contributed by atoms with Crippen LogP contribution in [0.2, 0.25) is 0 Å². The highest BCUT2D eigenvalue weighted by molar-refractivity contribution is 5.74. The summed E-state index contributed by atoms with van der Waals surface area (Å²) in [6.07, 6.45) is 8.39. The van der Waals surface area contributed by atoms with Gasteiger partial charge in [0.05, 0.1) is 5.60 Å². The van der Waals surface area contributed by atoms with Gasteiger partial charge in [-0.1, -0.05) is 19.3 Å². The molecular formula is C14H26N2O2. The molecule has 0 radical (unpaired) electrons. The second-order valence-corrected chi connectivity index (χ2v) is 6.12. The van der Waals surface area contributed by atoms with Gasteiger partial charge in [-0.15, -0.1) is 0 Å². The first kappa shape index (κ1) is 13.7. The van der Waals surface area contributed by atoms with Gasteiger partial charge in [0, 0.05) is 19.1 Å². The highest BCUT2D eigenvalue weighted by Crippen LogP contribution is 2.22. The molecule has 0 aromatic carbocycles. The number of carbonyl (C=O) groups excluding carboxylic acids is 1. The molecule has 1 aliphatic heterocycles. The molecular weight excluding hydrogens is 228 g/mol. The number of nitrogens with one attached hydrogen (secondary N) is 1. The molecule has 2 amide bonds. The standard InChI is InChI=1S/C14H26N2O2/c1-14(18)8-5-10-16(11-9-14)13(17)15-12-6-3-2-4-7-12/h12,18H,2-11H2,1H3,(H,15,17). The lowest BCUT2D eigenvalue weighted by Gasteiger charge is -2.28. The molecule has 1 saturated carbocycles.